The standard InChI is InChI=1S/C21H27NO2/c1-4-5-6-7-8-18-10-12-19(13-11-18)24-21(23)22-20-14-9-16(2)15-17(20)3/h9-15H,4-8H2,1-3H3,(H,22,23). The Bertz CT molecular complexity index is 662. The number of aryl methyl sites for hydroxylation is 3. The summed E-state index contributed by atoms with van der Waals surface area (Å²) in [5, 5.41) is 2.79. The van der Waals surface area contributed by atoms with Crippen LogP contribution in [0.3, 0.4) is 0 Å². The zero-order valence-electron chi connectivity index (χ0n) is 14.9. The largest absolute Gasteiger partial charge is 0.417 e. The van der Waals surface area contributed by atoms with Crippen LogP contribution in [0.4, 0.5) is 10.5 Å². The molecule has 0 unspecified atom stereocenters. The minimum absolute atomic E-state index is 0.461. The quantitative estimate of drug-likeness (QED) is 0.630. The fourth-order valence-corrected chi connectivity index (χ4v) is 2.68. The summed E-state index contributed by atoms with van der Waals surface area (Å²) in [6.07, 6.45) is 5.64. The second-order valence-corrected chi connectivity index (χ2v) is 6.29. The molecule has 0 saturated carbocycles. The molecule has 24 heavy (non-hydrogen) atoms. The number of hydrogen-bond acceptors (Lipinski definition) is 2. The number of ether oxygens (including phenoxy) is 1. The van der Waals surface area contributed by atoms with Crippen LogP contribution in [-0.2, 0) is 6.42 Å². The molecule has 2 aromatic carbocycles. The van der Waals surface area contributed by atoms with Gasteiger partial charge in [-0.25, -0.2) is 4.79 Å². The SMILES string of the molecule is CCCCCCc1ccc(OC(=O)Nc2ccc(C)cc2C)cc1. The third-order valence-electron chi connectivity index (χ3n) is 4.07. The van der Waals surface area contributed by atoms with E-state index in [1.807, 2.05) is 56.3 Å². The summed E-state index contributed by atoms with van der Waals surface area (Å²) < 4.78 is 5.35. The molecule has 128 valence electrons. The van der Waals surface area contributed by atoms with Crippen LogP contribution in [-0.4, -0.2) is 6.09 Å². The number of anilines is 1. The first-order valence-corrected chi connectivity index (χ1v) is 8.73. The van der Waals surface area contributed by atoms with Crippen molar-refractivity contribution in [3.8, 4) is 5.75 Å². The molecule has 0 bridgehead atoms. The van der Waals surface area contributed by atoms with Crippen LogP contribution in [0.15, 0.2) is 42.5 Å². The van der Waals surface area contributed by atoms with Crippen LogP contribution in [0.5, 0.6) is 5.75 Å². The van der Waals surface area contributed by atoms with Crippen molar-refractivity contribution in [2.75, 3.05) is 5.32 Å². The summed E-state index contributed by atoms with van der Waals surface area (Å²) in [4.78, 5) is 12.0. The molecule has 0 aliphatic carbocycles. The zero-order valence-corrected chi connectivity index (χ0v) is 14.9. The monoisotopic (exact) mass is 325 g/mol. The van der Waals surface area contributed by atoms with Gasteiger partial charge in [0.2, 0.25) is 0 Å². The highest BCUT2D eigenvalue weighted by Crippen LogP contribution is 2.18. The molecule has 0 atom stereocenters. The lowest BCUT2D eigenvalue weighted by molar-refractivity contribution is 0.215. The Hall–Kier alpha value is -2.29. The maximum absolute atomic E-state index is 12.0. The van der Waals surface area contributed by atoms with E-state index in [1.165, 1.54) is 36.8 Å². The van der Waals surface area contributed by atoms with Crippen LogP contribution >= 0.6 is 0 Å². The first-order valence-electron chi connectivity index (χ1n) is 8.73. The van der Waals surface area contributed by atoms with E-state index in [9.17, 15) is 4.79 Å². The number of benzene rings is 2. The van der Waals surface area contributed by atoms with Crippen LogP contribution in [0, 0.1) is 13.8 Å². The van der Waals surface area contributed by atoms with Crippen molar-refractivity contribution in [1.82, 2.24) is 0 Å². The lowest BCUT2D eigenvalue weighted by atomic mass is 10.1. The Morgan fingerprint density at radius 2 is 1.75 bits per heavy atom. The molecule has 1 amide bonds. The number of carbonyl (C=O) groups is 1. The van der Waals surface area contributed by atoms with Gasteiger partial charge in [0.1, 0.15) is 5.75 Å². The molecule has 1 N–H and O–H groups in total. The lowest BCUT2D eigenvalue weighted by Gasteiger charge is -2.10. The molecule has 0 spiro atoms. The van der Waals surface area contributed by atoms with Gasteiger partial charge in [-0.3, -0.25) is 5.32 Å². The van der Waals surface area contributed by atoms with E-state index >= 15 is 0 Å². The van der Waals surface area contributed by atoms with Crippen molar-refractivity contribution < 1.29 is 9.53 Å². The van der Waals surface area contributed by atoms with E-state index < -0.39 is 6.09 Å². The van der Waals surface area contributed by atoms with Crippen molar-refractivity contribution in [3.63, 3.8) is 0 Å². The summed E-state index contributed by atoms with van der Waals surface area (Å²) in [5.74, 6) is 0.564. The van der Waals surface area contributed by atoms with Gasteiger partial charge in [-0.2, -0.15) is 0 Å². The highest BCUT2D eigenvalue weighted by Gasteiger charge is 2.07. The van der Waals surface area contributed by atoms with Crippen LogP contribution in [0.25, 0.3) is 0 Å². The number of rotatable bonds is 7. The normalized spacial score (nSPS) is 10.5. The van der Waals surface area contributed by atoms with E-state index in [1.54, 1.807) is 0 Å². The number of nitrogens with one attached hydrogen (secondary N) is 1. The lowest BCUT2D eigenvalue weighted by Crippen LogP contribution is -2.17. The number of unbranched alkanes of at least 4 members (excludes halogenated alkanes) is 3. The minimum Gasteiger partial charge on any atom is -0.410 e. The van der Waals surface area contributed by atoms with Crippen LogP contribution in [0.2, 0.25) is 0 Å². The van der Waals surface area contributed by atoms with Gasteiger partial charge in [-0.1, -0.05) is 56.0 Å². The molecular weight excluding hydrogens is 298 g/mol. The summed E-state index contributed by atoms with van der Waals surface area (Å²) >= 11 is 0. The van der Waals surface area contributed by atoms with Crippen LogP contribution in [0.1, 0.15) is 49.3 Å². The van der Waals surface area contributed by atoms with Gasteiger partial charge in [0, 0.05) is 5.69 Å². The minimum atomic E-state index is -0.461. The predicted octanol–water partition coefficient (Wildman–Crippen LogP) is 6.04. The van der Waals surface area contributed by atoms with E-state index in [2.05, 4.69) is 12.2 Å². The van der Waals surface area contributed by atoms with E-state index in [4.69, 9.17) is 4.74 Å². The first kappa shape index (κ1) is 18.1. The molecule has 3 nitrogen and oxygen atoms in total. The average molecular weight is 325 g/mol. The Morgan fingerprint density at radius 3 is 2.42 bits per heavy atom. The molecule has 0 heterocycles. The number of carbonyl (C=O) groups excluding carboxylic acids is 1. The Balaban J connectivity index is 1.85. The Morgan fingerprint density at radius 1 is 1.00 bits per heavy atom. The van der Waals surface area contributed by atoms with Crippen molar-refractivity contribution in [1.29, 1.82) is 0 Å². The molecule has 2 rings (SSSR count). The Labute approximate surface area is 145 Å². The summed E-state index contributed by atoms with van der Waals surface area (Å²) in [6, 6.07) is 13.7. The zero-order chi connectivity index (χ0) is 17.4. The maximum atomic E-state index is 12.0. The van der Waals surface area contributed by atoms with Crippen molar-refractivity contribution in [3.05, 3.63) is 59.2 Å². The highest BCUT2D eigenvalue weighted by molar-refractivity contribution is 5.87. The summed E-state index contributed by atoms with van der Waals surface area (Å²) in [6.45, 7) is 6.21. The fourth-order valence-electron chi connectivity index (χ4n) is 2.68. The van der Waals surface area contributed by atoms with Crippen molar-refractivity contribution in [2.45, 2.75) is 52.9 Å². The third-order valence-corrected chi connectivity index (χ3v) is 4.07. The predicted molar refractivity (Wildman–Crippen MR) is 99.9 cm³/mol. The van der Waals surface area contributed by atoms with Gasteiger partial charge in [-0.05, 0) is 56.0 Å². The van der Waals surface area contributed by atoms with Gasteiger partial charge in [-0.15, -0.1) is 0 Å². The molecule has 0 fully saturated rings. The van der Waals surface area contributed by atoms with E-state index in [0.717, 1.165) is 17.7 Å². The average Bonchev–Trinajstić information content (AvgIpc) is 2.56. The molecule has 0 saturated heterocycles. The van der Waals surface area contributed by atoms with Gasteiger partial charge in [0.15, 0.2) is 0 Å². The van der Waals surface area contributed by atoms with Gasteiger partial charge < -0.3 is 4.74 Å². The Kier molecular flexibility index (Phi) is 6.86. The van der Waals surface area contributed by atoms with Crippen molar-refractivity contribution >= 4 is 11.8 Å². The smallest absolute Gasteiger partial charge is 0.410 e. The van der Waals surface area contributed by atoms with Crippen molar-refractivity contribution in [2.24, 2.45) is 0 Å². The number of amides is 1. The van der Waals surface area contributed by atoms with Gasteiger partial charge in [0.25, 0.3) is 0 Å². The second-order valence-electron chi connectivity index (χ2n) is 6.29. The molecule has 2 aromatic rings. The third kappa shape index (κ3) is 5.73. The fraction of sp³-hybridized carbons (Fsp3) is 0.381. The van der Waals surface area contributed by atoms with E-state index in [0.29, 0.717) is 5.75 Å². The molecule has 3 heteroatoms. The molecule has 0 aromatic heterocycles. The first-order chi connectivity index (χ1) is 11.6. The molecule has 0 radical (unpaired) electrons. The molecule has 0 aliphatic rings. The summed E-state index contributed by atoms with van der Waals surface area (Å²) in [5.41, 5.74) is 4.25. The maximum Gasteiger partial charge on any atom is 0.417 e. The molecule has 0 aliphatic heterocycles. The summed E-state index contributed by atoms with van der Waals surface area (Å²) in [7, 11) is 0. The highest BCUT2D eigenvalue weighted by atomic mass is 16.6. The second kappa shape index (κ2) is 9.11. The van der Waals surface area contributed by atoms with Crippen LogP contribution < -0.4 is 10.1 Å². The topological polar surface area (TPSA) is 38.3 Å². The number of hydrogen-bond donors (Lipinski definition) is 1. The van der Waals surface area contributed by atoms with Gasteiger partial charge >= 0.3 is 6.09 Å². The van der Waals surface area contributed by atoms with E-state index in [-0.39, 0.29) is 0 Å². The van der Waals surface area contributed by atoms with Gasteiger partial charge in [0.05, 0.1) is 0 Å². The molecular formula is C21H27NO2.